The molecule has 6 nitrogen and oxygen atoms in total. The Morgan fingerprint density at radius 3 is 2.21 bits per heavy atom. The zero-order valence-electron chi connectivity index (χ0n) is 14.2. The van der Waals surface area contributed by atoms with Gasteiger partial charge in [-0.2, -0.15) is 0 Å². The Labute approximate surface area is 143 Å². The number of allylic oxidation sites excluding steroid dienone is 6. The maximum absolute atomic E-state index is 11.4. The number of carbonyl (C=O) groups excluding carboxylic acids is 1. The van der Waals surface area contributed by atoms with Crippen LogP contribution in [0.4, 0.5) is 0 Å². The van der Waals surface area contributed by atoms with E-state index in [1.807, 2.05) is 13.8 Å². The minimum atomic E-state index is -0.250. The van der Waals surface area contributed by atoms with E-state index in [0.29, 0.717) is 12.3 Å². The van der Waals surface area contributed by atoms with Crippen molar-refractivity contribution in [2.24, 2.45) is 0 Å². The van der Waals surface area contributed by atoms with Crippen LogP contribution in [0.2, 0.25) is 0 Å². The van der Waals surface area contributed by atoms with Gasteiger partial charge in [-0.25, -0.2) is 0 Å². The largest absolute Gasteiger partial charge is 0.484 e. The van der Waals surface area contributed by atoms with Crippen LogP contribution in [0.5, 0.6) is 0 Å². The molecule has 0 aromatic heterocycles. The number of carboxylic acid groups (broad SMARTS) is 1. The summed E-state index contributed by atoms with van der Waals surface area (Å²) in [5.41, 5.74) is 1.52. The van der Waals surface area contributed by atoms with Gasteiger partial charge in [-0.15, -0.1) is 0 Å². The van der Waals surface area contributed by atoms with Gasteiger partial charge in [0.15, 0.2) is 6.61 Å². The van der Waals surface area contributed by atoms with Crippen molar-refractivity contribution >= 4 is 12.4 Å². The minimum absolute atomic E-state index is 0.0226. The second-order valence-electron chi connectivity index (χ2n) is 4.03. The Morgan fingerprint density at radius 1 is 1.21 bits per heavy atom. The van der Waals surface area contributed by atoms with E-state index in [4.69, 9.17) is 14.6 Å². The van der Waals surface area contributed by atoms with Crippen LogP contribution in [0.1, 0.15) is 13.8 Å². The second kappa shape index (κ2) is 16.4. The molecule has 0 aromatic carbocycles. The molecule has 0 fully saturated rings. The smallest absolute Gasteiger partial charge is 0.290 e. The van der Waals surface area contributed by atoms with E-state index in [1.165, 1.54) is 0 Å². The predicted molar refractivity (Wildman–Crippen MR) is 97.0 cm³/mol. The molecule has 0 aliphatic heterocycles. The number of amides is 1. The van der Waals surface area contributed by atoms with Crippen LogP contribution in [0.15, 0.2) is 73.3 Å². The van der Waals surface area contributed by atoms with E-state index in [0.717, 1.165) is 11.4 Å². The van der Waals surface area contributed by atoms with Gasteiger partial charge in [-0.3, -0.25) is 9.59 Å². The van der Waals surface area contributed by atoms with Crippen molar-refractivity contribution in [3.8, 4) is 0 Å². The highest BCUT2D eigenvalue weighted by Crippen LogP contribution is 2.06. The third kappa shape index (κ3) is 12.7. The second-order valence-corrected chi connectivity index (χ2v) is 4.03. The standard InChI is InChI=1S/C17H24N2O2.CH2O2/c1-6-11-14(7-2)19-15(8-3)12-16(9-4)21-13-17(20)18-10-5;2-1-3/h6-9,11-12,19H,1-3,10,13H2,4-5H3,(H,18,20);1H,(H,2,3)/b14-11+,15-12+,16-9+;. The summed E-state index contributed by atoms with van der Waals surface area (Å²) >= 11 is 0. The summed E-state index contributed by atoms with van der Waals surface area (Å²) < 4.78 is 5.43. The average molecular weight is 334 g/mol. The van der Waals surface area contributed by atoms with Crippen molar-refractivity contribution < 1.29 is 19.4 Å². The topological polar surface area (TPSA) is 87.7 Å². The van der Waals surface area contributed by atoms with Crippen molar-refractivity contribution in [2.45, 2.75) is 13.8 Å². The van der Waals surface area contributed by atoms with Crippen LogP contribution in [0, 0.1) is 0 Å². The molecule has 0 rings (SSSR count). The maximum Gasteiger partial charge on any atom is 0.290 e. The quantitative estimate of drug-likeness (QED) is 0.325. The average Bonchev–Trinajstić information content (AvgIpc) is 2.57. The van der Waals surface area contributed by atoms with Gasteiger partial charge in [0, 0.05) is 24.0 Å². The molecule has 132 valence electrons. The van der Waals surface area contributed by atoms with E-state index in [9.17, 15) is 4.79 Å². The Bertz CT molecular complexity index is 517. The van der Waals surface area contributed by atoms with E-state index in [2.05, 4.69) is 30.4 Å². The summed E-state index contributed by atoms with van der Waals surface area (Å²) in [4.78, 5) is 19.7. The third-order valence-electron chi connectivity index (χ3n) is 2.35. The van der Waals surface area contributed by atoms with Gasteiger partial charge in [-0.05, 0) is 38.2 Å². The molecule has 0 aliphatic rings. The SMILES string of the molecule is C=C/C=C(\C=C)N/C(C=C)=C/C(=C\C)OCC(=O)NCC.O=CO. The van der Waals surface area contributed by atoms with Crippen LogP contribution in [-0.4, -0.2) is 30.6 Å². The fourth-order valence-corrected chi connectivity index (χ4v) is 1.36. The Balaban J connectivity index is 0. The zero-order valence-corrected chi connectivity index (χ0v) is 14.2. The molecule has 0 bridgehead atoms. The highest BCUT2D eigenvalue weighted by Gasteiger charge is 2.02. The van der Waals surface area contributed by atoms with E-state index < -0.39 is 0 Å². The monoisotopic (exact) mass is 334 g/mol. The molecule has 3 N–H and O–H groups in total. The molecule has 0 unspecified atom stereocenters. The highest BCUT2D eigenvalue weighted by molar-refractivity contribution is 5.77. The number of likely N-dealkylation sites (N-methyl/N-ethyl adjacent to an activating group) is 1. The molecule has 0 aromatic rings. The molecule has 0 aliphatic carbocycles. The normalized spacial score (nSPS) is 11.3. The summed E-state index contributed by atoms with van der Waals surface area (Å²) in [6, 6.07) is 0. The predicted octanol–water partition coefficient (Wildman–Crippen LogP) is 2.66. The highest BCUT2D eigenvalue weighted by atomic mass is 16.5. The van der Waals surface area contributed by atoms with Crippen LogP contribution in [0.3, 0.4) is 0 Å². The van der Waals surface area contributed by atoms with E-state index in [-0.39, 0.29) is 19.0 Å². The van der Waals surface area contributed by atoms with Gasteiger partial charge in [-0.1, -0.05) is 25.8 Å². The van der Waals surface area contributed by atoms with Crippen LogP contribution in [-0.2, 0) is 14.3 Å². The maximum atomic E-state index is 11.4. The fraction of sp³-hybridized carbons (Fsp3) is 0.222. The lowest BCUT2D eigenvalue weighted by atomic mass is 10.3. The van der Waals surface area contributed by atoms with Crippen LogP contribution in [0.25, 0.3) is 0 Å². The third-order valence-corrected chi connectivity index (χ3v) is 2.35. The lowest BCUT2D eigenvalue weighted by Crippen LogP contribution is -2.26. The Morgan fingerprint density at radius 2 is 1.79 bits per heavy atom. The molecular formula is C18H26N2O4. The first-order chi connectivity index (χ1) is 11.5. The number of hydrogen-bond donors (Lipinski definition) is 3. The summed E-state index contributed by atoms with van der Waals surface area (Å²) in [6.45, 7) is 15.1. The molecule has 0 spiro atoms. The zero-order chi connectivity index (χ0) is 18.8. The lowest BCUT2D eigenvalue weighted by molar-refractivity contribution is -0.124. The van der Waals surface area contributed by atoms with Crippen molar-refractivity contribution in [3.63, 3.8) is 0 Å². The van der Waals surface area contributed by atoms with Gasteiger partial charge in [0.05, 0.1) is 0 Å². The first kappa shape index (κ1) is 23.2. The first-order valence-corrected chi connectivity index (χ1v) is 7.22. The van der Waals surface area contributed by atoms with Gasteiger partial charge < -0.3 is 20.5 Å². The first-order valence-electron chi connectivity index (χ1n) is 7.22. The van der Waals surface area contributed by atoms with Crippen molar-refractivity contribution in [3.05, 3.63) is 73.3 Å². The van der Waals surface area contributed by atoms with Gasteiger partial charge in [0.25, 0.3) is 12.4 Å². The van der Waals surface area contributed by atoms with E-state index in [1.54, 1.807) is 36.5 Å². The summed E-state index contributed by atoms with van der Waals surface area (Å²) in [5, 5.41) is 12.7. The molecular weight excluding hydrogens is 308 g/mol. The number of hydrogen-bond acceptors (Lipinski definition) is 4. The van der Waals surface area contributed by atoms with Crippen molar-refractivity contribution in [2.75, 3.05) is 13.2 Å². The minimum Gasteiger partial charge on any atom is -0.484 e. The van der Waals surface area contributed by atoms with Crippen molar-refractivity contribution in [1.82, 2.24) is 10.6 Å². The molecule has 0 radical (unpaired) electrons. The summed E-state index contributed by atoms with van der Waals surface area (Å²) in [6.07, 6.45) is 10.3. The van der Waals surface area contributed by atoms with Gasteiger partial charge >= 0.3 is 0 Å². The Kier molecular flexibility index (Phi) is 15.8. The number of carbonyl (C=O) groups is 2. The van der Waals surface area contributed by atoms with Crippen LogP contribution < -0.4 is 10.6 Å². The molecule has 0 heterocycles. The molecule has 0 atom stereocenters. The molecule has 1 amide bonds. The van der Waals surface area contributed by atoms with E-state index >= 15 is 0 Å². The molecule has 0 saturated carbocycles. The number of ether oxygens (including phenoxy) is 1. The van der Waals surface area contributed by atoms with Crippen molar-refractivity contribution in [1.29, 1.82) is 0 Å². The summed E-state index contributed by atoms with van der Waals surface area (Å²) in [7, 11) is 0. The lowest BCUT2D eigenvalue weighted by Gasteiger charge is -2.10. The number of nitrogens with one attached hydrogen (secondary N) is 2. The van der Waals surface area contributed by atoms with Gasteiger partial charge in [0.1, 0.15) is 5.76 Å². The Hall–Kier alpha value is -3.02. The number of rotatable bonds is 10. The van der Waals surface area contributed by atoms with Crippen LogP contribution >= 0.6 is 0 Å². The summed E-state index contributed by atoms with van der Waals surface area (Å²) in [5.74, 6) is 0.419. The molecule has 6 heteroatoms. The molecule has 24 heavy (non-hydrogen) atoms. The molecule has 0 saturated heterocycles. The van der Waals surface area contributed by atoms with Gasteiger partial charge in [0.2, 0.25) is 0 Å². The fourth-order valence-electron chi connectivity index (χ4n) is 1.36.